The van der Waals surface area contributed by atoms with Crippen LogP contribution in [0.25, 0.3) is 11.3 Å². The van der Waals surface area contributed by atoms with Crippen molar-refractivity contribution in [2.45, 2.75) is 25.8 Å². The zero-order chi connectivity index (χ0) is 14.5. The van der Waals surface area contributed by atoms with E-state index in [1.807, 2.05) is 0 Å². The molecule has 21 heavy (non-hydrogen) atoms. The summed E-state index contributed by atoms with van der Waals surface area (Å²) in [5, 5.41) is 7.13. The molecule has 4 heteroatoms. The Bertz CT molecular complexity index is 547. The second-order valence-electron chi connectivity index (χ2n) is 5.48. The van der Waals surface area contributed by atoms with Gasteiger partial charge in [0.1, 0.15) is 0 Å². The Kier molecular flexibility index (Phi) is 5.33. The molecule has 1 N–H and O–H groups in total. The van der Waals surface area contributed by atoms with Gasteiger partial charge in [-0.15, -0.1) is 11.3 Å². The number of benzene rings is 1. The summed E-state index contributed by atoms with van der Waals surface area (Å²) in [5.41, 5.74) is 2.34. The lowest BCUT2D eigenvalue weighted by Crippen LogP contribution is -2.38. The number of nitrogens with zero attached hydrogens (tertiary/aromatic N) is 1. The Hall–Kier alpha value is -0.840. The smallest absolute Gasteiger partial charge is 0.0948 e. The fourth-order valence-electron chi connectivity index (χ4n) is 2.87. The van der Waals surface area contributed by atoms with E-state index in [-0.39, 0.29) is 0 Å². The first kappa shape index (κ1) is 15.1. The average Bonchev–Trinajstić information content (AvgIpc) is 3.19. The Balaban J connectivity index is 1.70. The van der Waals surface area contributed by atoms with Crippen LogP contribution in [-0.4, -0.2) is 29.1 Å². The highest BCUT2D eigenvalue weighted by atomic mass is 32.2. The maximum atomic E-state index is 4.85. The molecule has 2 heterocycles. The highest BCUT2D eigenvalue weighted by Crippen LogP contribution is 2.29. The molecule has 2 atom stereocenters. The number of hydrogen-bond acceptors (Lipinski definition) is 4. The Morgan fingerprint density at radius 1 is 1.33 bits per heavy atom. The van der Waals surface area contributed by atoms with Gasteiger partial charge in [-0.25, -0.2) is 4.98 Å². The fraction of sp³-hybridized carbons (Fsp3) is 0.471. The summed E-state index contributed by atoms with van der Waals surface area (Å²) < 4.78 is 0. The van der Waals surface area contributed by atoms with Crippen LogP contribution in [0.1, 0.15) is 18.4 Å². The highest BCUT2D eigenvalue weighted by molar-refractivity contribution is 7.99. The second kappa shape index (κ2) is 7.43. The minimum Gasteiger partial charge on any atom is -0.314 e. The molecule has 1 aliphatic rings. The summed E-state index contributed by atoms with van der Waals surface area (Å²) in [6.07, 6.45) is 2.41. The van der Waals surface area contributed by atoms with E-state index in [1.54, 1.807) is 11.3 Å². The molecule has 0 saturated carbocycles. The molecule has 1 aliphatic heterocycles. The SMILES string of the molecule is CCNC(Cc1nc(-c2ccccc2)cs1)C1CCSC1. The predicted molar refractivity (Wildman–Crippen MR) is 94.2 cm³/mol. The van der Waals surface area contributed by atoms with Gasteiger partial charge in [0.2, 0.25) is 0 Å². The molecular weight excluding hydrogens is 296 g/mol. The average molecular weight is 319 g/mol. The van der Waals surface area contributed by atoms with Crippen LogP contribution in [0.15, 0.2) is 35.7 Å². The number of nitrogens with one attached hydrogen (secondary N) is 1. The van der Waals surface area contributed by atoms with Gasteiger partial charge in [-0.1, -0.05) is 37.3 Å². The molecular formula is C17H22N2S2. The lowest BCUT2D eigenvalue weighted by molar-refractivity contribution is 0.386. The molecule has 1 saturated heterocycles. The molecule has 112 valence electrons. The Morgan fingerprint density at radius 3 is 2.90 bits per heavy atom. The summed E-state index contributed by atoms with van der Waals surface area (Å²) in [5.74, 6) is 3.42. The number of thioether (sulfide) groups is 1. The van der Waals surface area contributed by atoms with Gasteiger partial charge in [0.05, 0.1) is 10.7 Å². The van der Waals surface area contributed by atoms with Crippen LogP contribution in [-0.2, 0) is 6.42 Å². The molecule has 1 aromatic heterocycles. The minimum absolute atomic E-state index is 0.583. The summed E-state index contributed by atoms with van der Waals surface area (Å²) in [4.78, 5) is 4.85. The molecule has 1 aromatic carbocycles. The van der Waals surface area contributed by atoms with E-state index in [9.17, 15) is 0 Å². The first-order chi connectivity index (χ1) is 10.4. The van der Waals surface area contributed by atoms with Crippen molar-refractivity contribution in [2.24, 2.45) is 5.92 Å². The van der Waals surface area contributed by atoms with E-state index >= 15 is 0 Å². The number of hydrogen-bond donors (Lipinski definition) is 1. The molecule has 3 rings (SSSR count). The van der Waals surface area contributed by atoms with E-state index in [1.165, 1.54) is 28.5 Å². The van der Waals surface area contributed by atoms with Gasteiger partial charge < -0.3 is 5.32 Å². The molecule has 2 nitrogen and oxygen atoms in total. The number of rotatable bonds is 6. The van der Waals surface area contributed by atoms with Gasteiger partial charge in [-0.2, -0.15) is 11.8 Å². The van der Waals surface area contributed by atoms with Gasteiger partial charge in [-0.3, -0.25) is 0 Å². The van der Waals surface area contributed by atoms with Crippen LogP contribution < -0.4 is 5.32 Å². The number of thiazole rings is 1. The zero-order valence-electron chi connectivity index (χ0n) is 12.4. The lowest BCUT2D eigenvalue weighted by Gasteiger charge is -2.22. The van der Waals surface area contributed by atoms with E-state index in [0.29, 0.717) is 6.04 Å². The highest BCUT2D eigenvalue weighted by Gasteiger charge is 2.25. The van der Waals surface area contributed by atoms with E-state index in [4.69, 9.17) is 4.98 Å². The molecule has 0 amide bonds. The topological polar surface area (TPSA) is 24.9 Å². The van der Waals surface area contributed by atoms with Crippen LogP contribution >= 0.6 is 23.1 Å². The summed E-state index contributed by atoms with van der Waals surface area (Å²) >= 11 is 3.89. The largest absolute Gasteiger partial charge is 0.314 e. The van der Waals surface area contributed by atoms with Crippen molar-refractivity contribution < 1.29 is 0 Å². The van der Waals surface area contributed by atoms with Crippen molar-refractivity contribution in [1.82, 2.24) is 10.3 Å². The monoisotopic (exact) mass is 318 g/mol. The van der Waals surface area contributed by atoms with Crippen molar-refractivity contribution in [3.63, 3.8) is 0 Å². The summed E-state index contributed by atoms with van der Waals surface area (Å²) in [6, 6.07) is 11.1. The Labute approximate surface area is 135 Å². The molecule has 0 radical (unpaired) electrons. The third kappa shape index (κ3) is 3.87. The molecule has 0 bridgehead atoms. The molecule has 0 spiro atoms. The van der Waals surface area contributed by atoms with Crippen molar-refractivity contribution >= 4 is 23.1 Å². The summed E-state index contributed by atoms with van der Waals surface area (Å²) in [7, 11) is 0. The third-order valence-corrected chi connectivity index (χ3v) is 6.08. The maximum absolute atomic E-state index is 4.85. The molecule has 2 aromatic rings. The minimum atomic E-state index is 0.583. The zero-order valence-corrected chi connectivity index (χ0v) is 14.1. The first-order valence-corrected chi connectivity index (χ1v) is 9.71. The van der Waals surface area contributed by atoms with Gasteiger partial charge in [0.25, 0.3) is 0 Å². The number of likely N-dealkylation sites (N-methyl/N-ethyl adjacent to an activating group) is 1. The van der Waals surface area contributed by atoms with Gasteiger partial charge in [-0.05, 0) is 30.4 Å². The molecule has 0 aliphatic carbocycles. The van der Waals surface area contributed by atoms with Gasteiger partial charge >= 0.3 is 0 Å². The van der Waals surface area contributed by atoms with Crippen LogP contribution in [0, 0.1) is 5.92 Å². The normalized spacial score (nSPS) is 19.8. The van der Waals surface area contributed by atoms with E-state index < -0.39 is 0 Å². The van der Waals surface area contributed by atoms with Crippen molar-refractivity contribution in [1.29, 1.82) is 0 Å². The third-order valence-electron chi connectivity index (χ3n) is 4.02. The van der Waals surface area contributed by atoms with Crippen molar-refractivity contribution in [3.8, 4) is 11.3 Å². The molecule has 1 fully saturated rings. The van der Waals surface area contributed by atoms with Crippen LogP contribution in [0.2, 0.25) is 0 Å². The lowest BCUT2D eigenvalue weighted by atomic mass is 9.96. The van der Waals surface area contributed by atoms with E-state index in [2.05, 4.69) is 59.7 Å². The van der Waals surface area contributed by atoms with Gasteiger partial charge in [0.15, 0.2) is 0 Å². The van der Waals surface area contributed by atoms with Crippen molar-refractivity contribution in [3.05, 3.63) is 40.7 Å². The predicted octanol–water partition coefficient (Wildman–Crippen LogP) is 4.08. The van der Waals surface area contributed by atoms with Crippen LogP contribution in [0.4, 0.5) is 0 Å². The van der Waals surface area contributed by atoms with Crippen LogP contribution in [0.3, 0.4) is 0 Å². The standard InChI is InChI=1S/C17H22N2S2/c1-2-18-15(14-8-9-20-11-14)10-17-19-16(12-21-17)13-6-4-3-5-7-13/h3-7,12,14-15,18H,2,8-11H2,1H3. The van der Waals surface area contributed by atoms with Crippen molar-refractivity contribution in [2.75, 3.05) is 18.1 Å². The summed E-state index contributed by atoms with van der Waals surface area (Å²) in [6.45, 7) is 3.25. The number of aromatic nitrogens is 1. The molecule has 2 unspecified atom stereocenters. The fourth-order valence-corrected chi connectivity index (χ4v) is 5.07. The van der Waals surface area contributed by atoms with Crippen LogP contribution in [0.5, 0.6) is 0 Å². The van der Waals surface area contributed by atoms with E-state index in [0.717, 1.165) is 24.6 Å². The Morgan fingerprint density at radius 2 is 2.19 bits per heavy atom. The quantitative estimate of drug-likeness (QED) is 0.868. The maximum Gasteiger partial charge on any atom is 0.0948 e. The second-order valence-corrected chi connectivity index (χ2v) is 7.58. The first-order valence-electron chi connectivity index (χ1n) is 7.67. The van der Waals surface area contributed by atoms with Gasteiger partial charge in [0, 0.05) is 23.4 Å².